The Kier molecular flexibility index (Phi) is 36.7. The minimum absolute atomic E-state index is 0.0459. The molecule has 0 saturated heterocycles. The number of esters is 2. The highest BCUT2D eigenvalue weighted by molar-refractivity contribution is 7.47. The lowest BCUT2D eigenvalue weighted by molar-refractivity contribution is -0.220. The van der Waals surface area contributed by atoms with Crippen LogP contribution in [-0.4, -0.2) is 98.3 Å². The lowest BCUT2D eigenvalue weighted by Gasteiger charge is -2.41. The Hall–Kier alpha value is -3.23. The molecule has 1 rings (SSSR count). The molecule has 370 valence electrons. The highest BCUT2D eigenvalue weighted by Gasteiger charge is 2.51. The van der Waals surface area contributed by atoms with Gasteiger partial charge in [0.2, 0.25) is 0 Å². The van der Waals surface area contributed by atoms with Crippen LogP contribution in [0.2, 0.25) is 0 Å². The van der Waals surface area contributed by atoms with Crippen LogP contribution in [0.15, 0.2) is 97.2 Å². The molecule has 6 N–H and O–H groups in total. The Morgan fingerprint density at radius 1 is 0.477 bits per heavy atom. The van der Waals surface area contributed by atoms with E-state index in [9.17, 15) is 44.6 Å². The lowest BCUT2D eigenvalue weighted by Crippen LogP contribution is -2.64. The quantitative estimate of drug-likeness (QED) is 0.0148. The normalized spacial score (nSPS) is 22.3. The van der Waals surface area contributed by atoms with Crippen molar-refractivity contribution in [3.63, 3.8) is 0 Å². The Morgan fingerprint density at radius 2 is 0.862 bits per heavy atom. The fourth-order valence-electron chi connectivity index (χ4n) is 6.50. The Labute approximate surface area is 390 Å². The van der Waals surface area contributed by atoms with Gasteiger partial charge in [0, 0.05) is 12.8 Å². The summed E-state index contributed by atoms with van der Waals surface area (Å²) in [5, 5.41) is 50.2. The number of carbonyl (C=O) groups is 2. The molecule has 0 aromatic heterocycles. The van der Waals surface area contributed by atoms with Crippen molar-refractivity contribution in [2.45, 2.75) is 198 Å². The topological polar surface area (TPSA) is 210 Å². The highest BCUT2D eigenvalue weighted by atomic mass is 31.2. The minimum Gasteiger partial charge on any atom is -0.462 e. The average molecular weight is 935 g/mol. The number of aliphatic hydroxyl groups is 5. The van der Waals surface area contributed by atoms with Gasteiger partial charge in [0.15, 0.2) is 6.10 Å². The highest BCUT2D eigenvalue weighted by Crippen LogP contribution is 2.47. The molecule has 8 atom stereocenters. The third kappa shape index (κ3) is 32.2. The summed E-state index contributed by atoms with van der Waals surface area (Å²) in [6.45, 7) is 3.14. The van der Waals surface area contributed by atoms with Crippen LogP contribution in [0.3, 0.4) is 0 Å². The van der Waals surface area contributed by atoms with E-state index in [-0.39, 0.29) is 12.8 Å². The largest absolute Gasteiger partial charge is 0.472 e. The molecule has 0 heterocycles. The van der Waals surface area contributed by atoms with Crippen molar-refractivity contribution >= 4 is 19.8 Å². The Balaban J connectivity index is 2.51. The molecule has 0 spiro atoms. The number of ether oxygens (including phenoxy) is 2. The first-order valence-corrected chi connectivity index (χ1v) is 25.5. The van der Waals surface area contributed by atoms with E-state index in [2.05, 4.69) is 111 Å². The maximum atomic E-state index is 12.8. The zero-order valence-electron chi connectivity index (χ0n) is 39.2. The molecule has 13 nitrogen and oxygen atoms in total. The molecule has 0 amide bonds. The molecule has 65 heavy (non-hydrogen) atoms. The number of allylic oxidation sites excluding steroid dienone is 16. The van der Waals surface area contributed by atoms with Crippen molar-refractivity contribution in [3.8, 4) is 0 Å². The second-order valence-corrected chi connectivity index (χ2v) is 17.7. The fraction of sp³-hybridized carbons (Fsp3) is 0.647. The van der Waals surface area contributed by atoms with Crippen molar-refractivity contribution in [1.29, 1.82) is 0 Å². The van der Waals surface area contributed by atoms with Gasteiger partial charge in [-0.2, -0.15) is 0 Å². The van der Waals surface area contributed by atoms with Gasteiger partial charge in [-0.15, -0.1) is 0 Å². The molecule has 1 fully saturated rings. The number of hydrogen-bond donors (Lipinski definition) is 6. The van der Waals surface area contributed by atoms with Gasteiger partial charge < -0.3 is 39.9 Å². The zero-order valence-corrected chi connectivity index (χ0v) is 40.1. The van der Waals surface area contributed by atoms with Crippen LogP contribution in [-0.2, 0) is 32.7 Å². The van der Waals surface area contributed by atoms with E-state index in [1.807, 2.05) is 0 Å². The SMILES string of the molecule is CCC/C=C/C/C=C/C/C=C/C/C=C/CCCCCC(=O)OC[C@H](COP(=O)(O)OC1C(O)C(O)C(O)[C@@H](O)C1O)OC(=O)CCCCC/C=C/C/C=C/C/C=C/C/C=C/CCCCC. The van der Waals surface area contributed by atoms with Gasteiger partial charge in [0.25, 0.3) is 0 Å². The first-order chi connectivity index (χ1) is 31.4. The van der Waals surface area contributed by atoms with Crippen LogP contribution in [0, 0.1) is 0 Å². The van der Waals surface area contributed by atoms with Gasteiger partial charge in [-0.25, -0.2) is 4.57 Å². The first kappa shape index (κ1) is 59.8. The molecule has 1 aliphatic carbocycles. The van der Waals surface area contributed by atoms with E-state index in [1.54, 1.807) is 0 Å². The van der Waals surface area contributed by atoms with Crippen LogP contribution in [0.1, 0.15) is 155 Å². The first-order valence-electron chi connectivity index (χ1n) is 24.0. The third-order valence-electron chi connectivity index (χ3n) is 10.4. The monoisotopic (exact) mass is 935 g/mol. The lowest BCUT2D eigenvalue weighted by atomic mass is 9.85. The number of unbranched alkanes of at least 4 members (excludes halogenated alkanes) is 10. The van der Waals surface area contributed by atoms with Crippen LogP contribution in [0.5, 0.6) is 0 Å². The van der Waals surface area contributed by atoms with Crippen molar-refractivity contribution in [2.24, 2.45) is 0 Å². The number of phosphoric acid groups is 1. The van der Waals surface area contributed by atoms with E-state index < -0.39 is 75.7 Å². The van der Waals surface area contributed by atoms with Crippen molar-refractivity contribution in [2.75, 3.05) is 13.2 Å². The van der Waals surface area contributed by atoms with Gasteiger partial charge in [-0.3, -0.25) is 18.6 Å². The molecule has 0 aromatic carbocycles. The second kappa shape index (κ2) is 39.9. The molecule has 0 bridgehead atoms. The molecule has 14 heteroatoms. The molecule has 1 aliphatic rings. The number of rotatable bonds is 38. The van der Waals surface area contributed by atoms with Crippen LogP contribution < -0.4 is 0 Å². The summed E-state index contributed by atoms with van der Waals surface area (Å²) in [4.78, 5) is 35.7. The summed E-state index contributed by atoms with van der Waals surface area (Å²) >= 11 is 0. The van der Waals surface area contributed by atoms with Crippen LogP contribution in [0.25, 0.3) is 0 Å². The summed E-state index contributed by atoms with van der Waals surface area (Å²) in [7, 11) is -5.14. The average Bonchev–Trinajstić information content (AvgIpc) is 3.29. The number of phosphoric ester groups is 1. The Morgan fingerprint density at radius 3 is 1.29 bits per heavy atom. The standard InChI is InChI=1S/C51H83O13P/c1-3-5-7-9-11-13-15-17-19-21-22-24-26-28-30-32-34-36-38-40-45(53)63-43(42-62-65(59,60)64-51-49(57)47(55)46(54)48(56)50(51)58)41-61-44(52)39-37-35-33-31-29-27-25-23-20-18-16-14-12-10-8-6-4-2/h8,10-11,13-14,16-17,19-20,22-24,27-30,43,46-51,54-58H,3-7,9,12,15,18,21,25-26,31-42H2,1-2H3,(H,59,60)/b10-8+,13-11+,16-14+,19-17+,23-20+,24-22+,29-27+,30-28+/t43-,46?,47-,48?,49?,50?,51?/m1/s1. The second-order valence-electron chi connectivity index (χ2n) is 16.3. The van der Waals surface area contributed by atoms with E-state index in [0.29, 0.717) is 12.8 Å². The summed E-state index contributed by atoms with van der Waals surface area (Å²) in [5.74, 6) is -1.18. The van der Waals surface area contributed by atoms with Gasteiger partial charge in [-0.05, 0) is 96.3 Å². The van der Waals surface area contributed by atoms with E-state index in [4.69, 9.17) is 18.5 Å². The smallest absolute Gasteiger partial charge is 0.462 e. The van der Waals surface area contributed by atoms with Crippen LogP contribution >= 0.6 is 7.82 Å². The minimum atomic E-state index is -5.14. The van der Waals surface area contributed by atoms with Gasteiger partial charge in [-0.1, -0.05) is 143 Å². The predicted octanol–water partition coefficient (Wildman–Crippen LogP) is 9.83. The molecule has 6 unspecified atom stereocenters. The van der Waals surface area contributed by atoms with E-state index >= 15 is 0 Å². The number of aliphatic hydroxyl groups excluding tert-OH is 5. The van der Waals surface area contributed by atoms with E-state index in [0.717, 1.165) is 89.9 Å². The molecule has 1 saturated carbocycles. The molecule has 0 aliphatic heterocycles. The molecular weight excluding hydrogens is 852 g/mol. The van der Waals surface area contributed by atoms with Gasteiger partial charge >= 0.3 is 19.8 Å². The maximum Gasteiger partial charge on any atom is 0.472 e. The molecule has 0 radical (unpaired) electrons. The fourth-order valence-corrected chi connectivity index (χ4v) is 7.47. The summed E-state index contributed by atoms with van der Waals surface area (Å²) < 4.78 is 33.5. The zero-order chi connectivity index (χ0) is 47.8. The Bertz CT molecular complexity index is 1500. The summed E-state index contributed by atoms with van der Waals surface area (Å²) in [6, 6.07) is 0. The molecule has 0 aromatic rings. The van der Waals surface area contributed by atoms with Crippen molar-refractivity contribution < 1.29 is 63.1 Å². The van der Waals surface area contributed by atoms with Gasteiger partial charge in [0.05, 0.1) is 6.61 Å². The number of hydrogen-bond acceptors (Lipinski definition) is 12. The number of carbonyl (C=O) groups excluding carboxylic acids is 2. The van der Waals surface area contributed by atoms with Crippen LogP contribution in [0.4, 0.5) is 0 Å². The predicted molar refractivity (Wildman–Crippen MR) is 258 cm³/mol. The summed E-state index contributed by atoms with van der Waals surface area (Å²) in [5.41, 5.74) is 0. The van der Waals surface area contributed by atoms with Crippen molar-refractivity contribution in [3.05, 3.63) is 97.2 Å². The van der Waals surface area contributed by atoms with Crippen molar-refractivity contribution in [1.82, 2.24) is 0 Å². The molecular formula is C51H83O13P. The third-order valence-corrected chi connectivity index (χ3v) is 11.4. The van der Waals surface area contributed by atoms with Gasteiger partial charge in [0.1, 0.15) is 43.2 Å². The van der Waals surface area contributed by atoms with E-state index in [1.165, 1.54) is 25.7 Å². The summed E-state index contributed by atoms with van der Waals surface area (Å²) in [6.07, 6.45) is 40.2. The maximum absolute atomic E-state index is 12.8.